The normalized spacial score (nSPS) is 10.3. The topological polar surface area (TPSA) is 32.3 Å². The SMILES string of the molecule is CCN(CC)C(=O)CNc1cc(C)c(Br)c(C)c1. The van der Waals surface area contributed by atoms with E-state index in [0.717, 1.165) is 23.2 Å². The van der Waals surface area contributed by atoms with E-state index < -0.39 is 0 Å². The molecule has 0 aliphatic carbocycles. The molecule has 0 atom stereocenters. The van der Waals surface area contributed by atoms with Crippen LogP contribution in [0.25, 0.3) is 0 Å². The molecule has 0 aliphatic heterocycles. The zero-order valence-corrected chi connectivity index (χ0v) is 13.1. The van der Waals surface area contributed by atoms with Crippen molar-refractivity contribution in [1.29, 1.82) is 0 Å². The maximum Gasteiger partial charge on any atom is 0.241 e. The molecule has 4 heteroatoms. The molecule has 1 aromatic carbocycles. The van der Waals surface area contributed by atoms with Crippen LogP contribution in [0.2, 0.25) is 0 Å². The number of hydrogen-bond donors (Lipinski definition) is 1. The van der Waals surface area contributed by atoms with Crippen molar-refractivity contribution in [2.75, 3.05) is 25.0 Å². The maximum atomic E-state index is 11.9. The van der Waals surface area contributed by atoms with Crippen LogP contribution in [0.15, 0.2) is 16.6 Å². The molecule has 1 aromatic rings. The summed E-state index contributed by atoms with van der Waals surface area (Å²) in [6.45, 7) is 9.96. The van der Waals surface area contributed by atoms with Crippen LogP contribution in [-0.2, 0) is 4.79 Å². The van der Waals surface area contributed by atoms with E-state index in [2.05, 4.69) is 35.1 Å². The summed E-state index contributed by atoms with van der Waals surface area (Å²) in [6, 6.07) is 4.10. The second kappa shape index (κ2) is 6.78. The average molecular weight is 313 g/mol. The Hall–Kier alpha value is -1.03. The summed E-state index contributed by atoms with van der Waals surface area (Å²) >= 11 is 3.54. The van der Waals surface area contributed by atoms with Crippen molar-refractivity contribution >= 4 is 27.5 Å². The second-order valence-corrected chi connectivity index (χ2v) is 5.14. The van der Waals surface area contributed by atoms with Gasteiger partial charge in [-0.25, -0.2) is 0 Å². The van der Waals surface area contributed by atoms with Gasteiger partial charge in [0.25, 0.3) is 0 Å². The Balaban J connectivity index is 2.67. The lowest BCUT2D eigenvalue weighted by atomic mass is 10.1. The van der Waals surface area contributed by atoms with Gasteiger partial charge in [0.15, 0.2) is 0 Å². The molecule has 0 saturated carbocycles. The van der Waals surface area contributed by atoms with E-state index in [9.17, 15) is 4.79 Å². The Morgan fingerprint density at radius 2 is 1.72 bits per heavy atom. The van der Waals surface area contributed by atoms with Crippen LogP contribution in [0.5, 0.6) is 0 Å². The lowest BCUT2D eigenvalue weighted by Gasteiger charge is -2.19. The fourth-order valence-electron chi connectivity index (χ4n) is 1.91. The van der Waals surface area contributed by atoms with Gasteiger partial charge in [0, 0.05) is 23.2 Å². The Bertz CT molecular complexity index is 405. The third-order valence-electron chi connectivity index (χ3n) is 3.00. The largest absolute Gasteiger partial charge is 0.376 e. The minimum absolute atomic E-state index is 0.137. The highest BCUT2D eigenvalue weighted by Gasteiger charge is 2.09. The van der Waals surface area contributed by atoms with Crippen molar-refractivity contribution in [2.24, 2.45) is 0 Å². The molecule has 3 nitrogen and oxygen atoms in total. The first-order chi connectivity index (χ1) is 8.49. The molecule has 0 heterocycles. The predicted octanol–water partition coefficient (Wildman–Crippen LogP) is 3.35. The Morgan fingerprint density at radius 1 is 1.22 bits per heavy atom. The average Bonchev–Trinajstić information content (AvgIpc) is 2.34. The lowest BCUT2D eigenvalue weighted by Crippen LogP contribution is -2.35. The number of rotatable bonds is 5. The number of nitrogens with one attached hydrogen (secondary N) is 1. The molecule has 1 N–H and O–H groups in total. The molecule has 0 bridgehead atoms. The van der Waals surface area contributed by atoms with Gasteiger partial charge in [0.05, 0.1) is 6.54 Å². The molecule has 100 valence electrons. The summed E-state index contributed by atoms with van der Waals surface area (Å²) < 4.78 is 1.13. The van der Waals surface area contributed by atoms with Crippen molar-refractivity contribution < 1.29 is 4.79 Å². The Labute approximate surface area is 118 Å². The minimum atomic E-state index is 0.137. The van der Waals surface area contributed by atoms with Gasteiger partial charge in [-0.1, -0.05) is 15.9 Å². The molecule has 1 rings (SSSR count). The molecule has 0 radical (unpaired) electrons. The quantitative estimate of drug-likeness (QED) is 0.904. The summed E-state index contributed by atoms with van der Waals surface area (Å²) in [5.41, 5.74) is 3.34. The van der Waals surface area contributed by atoms with E-state index in [4.69, 9.17) is 0 Å². The van der Waals surface area contributed by atoms with E-state index in [0.29, 0.717) is 6.54 Å². The second-order valence-electron chi connectivity index (χ2n) is 4.34. The first-order valence-corrected chi connectivity index (χ1v) is 7.07. The van der Waals surface area contributed by atoms with Crippen LogP contribution in [0.4, 0.5) is 5.69 Å². The smallest absolute Gasteiger partial charge is 0.241 e. The molecule has 0 saturated heterocycles. The third kappa shape index (κ3) is 3.73. The molecular formula is C14H21BrN2O. The van der Waals surface area contributed by atoms with Crippen LogP contribution in [0, 0.1) is 13.8 Å². The van der Waals surface area contributed by atoms with Gasteiger partial charge < -0.3 is 10.2 Å². The first-order valence-electron chi connectivity index (χ1n) is 6.28. The van der Waals surface area contributed by atoms with E-state index in [1.54, 1.807) is 0 Å². The van der Waals surface area contributed by atoms with Gasteiger partial charge in [0.1, 0.15) is 0 Å². The van der Waals surface area contributed by atoms with Crippen molar-refractivity contribution in [3.8, 4) is 0 Å². The number of hydrogen-bond acceptors (Lipinski definition) is 2. The van der Waals surface area contributed by atoms with Gasteiger partial charge in [-0.15, -0.1) is 0 Å². The number of nitrogens with zero attached hydrogens (tertiary/aromatic N) is 1. The molecule has 0 aliphatic rings. The third-order valence-corrected chi connectivity index (χ3v) is 4.25. The highest BCUT2D eigenvalue weighted by Crippen LogP contribution is 2.24. The van der Waals surface area contributed by atoms with E-state index in [-0.39, 0.29) is 5.91 Å². The monoisotopic (exact) mass is 312 g/mol. The van der Waals surface area contributed by atoms with Crippen LogP contribution in [0.3, 0.4) is 0 Å². The highest BCUT2D eigenvalue weighted by molar-refractivity contribution is 9.10. The van der Waals surface area contributed by atoms with Crippen molar-refractivity contribution in [3.05, 3.63) is 27.7 Å². The predicted molar refractivity (Wildman–Crippen MR) is 80.0 cm³/mol. The number of benzene rings is 1. The van der Waals surface area contributed by atoms with E-state index >= 15 is 0 Å². The Morgan fingerprint density at radius 3 is 2.17 bits per heavy atom. The minimum Gasteiger partial charge on any atom is -0.376 e. The summed E-state index contributed by atoms with van der Waals surface area (Å²) in [7, 11) is 0. The first kappa shape index (κ1) is 15.0. The van der Waals surface area contributed by atoms with E-state index in [1.807, 2.05) is 30.9 Å². The molecule has 18 heavy (non-hydrogen) atoms. The number of carbonyl (C=O) groups excluding carboxylic acids is 1. The molecule has 0 aromatic heterocycles. The number of halogens is 1. The summed E-state index contributed by atoms with van der Waals surface area (Å²) in [5, 5.41) is 3.19. The van der Waals surface area contributed by atoms with Gasteiger partial charge in [0.2, 0.25) is 5.91 Å². The van der Waals surface area contributed by atoms with Gasteiger partial charge >= 0.3 is 0 Å². The number of carbonyl (C=O) groups is 1. The summed E-state index contributed by atoms with van der Waals surface area (Å²) in [4.78, 5) is 13.7. The number of amides is 1. The molecule has 0 spiro atoms. The van der Waals surface area contributed by atoms with Crippen molar-refractivity contribution in [2.45, 2.75) is 27.7 Å². The summed E-state index contributed by atoms with van der Waals surface area (Å²) in [5.74, 6) is 0.137. The Kier molecular flexibility index (Phi) is 5.66. The number of aryl methyl sites for hydroxylation is 2. The fraction of sp³-hybridized carbons (Fsp3) is 0.500. The van der Waals surface area contributed by atoms with Gasteiger partial charge in [-0.05, 0) is 51.0 Å². The van der Waals surface area contributed by atoms with Crippen LogP contribution in [0.1, 0.15) is 25.0 Å². The molecular weight excluding hydrogens is 292 g/mol. The van der Waals surface area contributed by atoms with Crippen molar-refractivity contribution in [3.63, 3.8) is 0 Å². The van der Waals surface area contributed by atoms with Crippen molar-refractivity contribution in [1.82, 2.24) is 4.90 Å². The molecule has 0 fully saturated rings. The van der Waals surface area contributed by atoms with Crippen LogP contribution < -0.4 is 5.32 Å². The fourth-order valence-corrected chi connectivity index (χ4v) is 2.14. The standard InChI is InChI=1S/C14H21BrN2O/c1-5-17(6-2)13(18)9-16-12-7-10(3)14(15)11(4)8-12/h7-8,16H,5-6,9H2,1-4H3. The number of anilines is 1. The lowest BCUT2D eigenvalue weighted by molar-refractivity contribution is -0.128. The highest BCUT2D eigenvalue weighted by atomic mass is 79.9. The van der Waals surface area contributed by atoms with Crippen LogP contribution >= 0.6 is 15.9 Å². The zero-order valence-electron chi connectivity index (χ0n) is 11.5. The molecule has 0 unspecified atom stereocenters. The zero-order chi connectivity index (χ0) is 13.7. The number of likely N-dealkylation sites (N-methyl/N-ethyl adjacent to an activating group) is 1. The van der Waals surface area contributed by atoms with Gasteiger partial charge in [-0.2, -0.15) is 0 Å². The molecule has 1 amide bonds. The van der Waals surface area contributed by atoms with Crippen LogP contribution in [-0.4, -0.2) is 30.4 Å². The van der Waals surface area contributed by atoms with Gasteiger partial charge in [-0.3, -0.25) is 4.79 Å². The summed E-state index contributed by atoms with van der Waals surface area (Å²) in [6.07, 6.45) is 0. The maximum absolute atomic E-state index is 11.9. The van der Waals surface area contributed by atoms with E-state index in [1.165, 1.54) is 11.1 Å².